The molecule has 6 N–H and O–H groups in total. The van der Waals surface area contributed by atoms with Crippen LogP contribution in [-0.2, 0) is 12.8 Å². The van der Waals surface area contributed by atoms with Crippen molar-refractivity contribution >= 4 is 5.78 Å². The summed E-state index contributed by atoms with van der Waals surface area (Å²) < 4.78 is 10.2. The maximum Gasteiger partial charge on any atom is 0.200 e. The average molecular weight is 519 g/mol. The molecule has 0 heterocycles. The topological polar surface area (TPSA) is 157 Å². The number of carbonyl (C=O) groups is 1. The summed E-state index contributed by atoms with van der Waals surface area (Å²) in [4.78, 5) is 13.5. The van der Waals surface area contributed by atoms with Crippen molar-refractivity contribution in [2.75, 3.05) is 14.2 Å². The molecule has 0 atom stereocenters. The van der Waals surface area contributed by atoms with Crippen molar-refractivity contribution in [1.29, 1.82) is 0 Å². The maximum atomic E-state index is 13.5. The normalized spacial score (nSPS) is 10.8. The molecule has 0 aliphatic heterocycles. The first-order chi connectivity index (χ1) is 18.1. The zero-order chi connectivity index (χ0) is 27.6. The molecule has 0 saturated carbocycles. The molecule has 0 aliphatic carbocycles. The Bertz CT molecular complexity index is 1380. The number of phenols is 6. The van der Waals surface area contributed by atoms with Gasteiger partial charge in [-0.3, -0.25) is 4.79 Å². The summed E-state index contributed by atoms with van der Waals surface area (Å²) in [5, 5.41) is 63.4. The van der Waals surface area contributed by atoms with E-state index in [1.54, 1.807) is 48.5 Å². The van der Waals surface area contributed by atoms with Crippen LogP contribution in [0.25, 0.3) is 0 Å². The Morgan fingerprint density at radius 2 is 0.921 bits per heavy atom. The molecule has 9 heteroatoms. The number of rotatable bonds is 8. The van der Waals surface area contributed by atoms with Crippen molar-refractivity contribution in [3.63, 3.8) is 0 Å². The summed E-state index contributed by atoms with van der Waals surface area (Å²) in [6.07, 6.45) is -0.0717. The molecule has 9 nitrogen and oxygen atoms in total. The first kappa shape index (κ1) is 26.0. The van der Waals surface area contributed by atoms with Crippen LogP contribution in [0.2, 0.25) is 0 Å². The molecule has 0 amide bonds. The van der Waals surface area contributed by atoms with Crippen molar-refractivity contribution in [1.82, 2.24) is 0 Å². The van der Waals surface area contributed by atoms with Crippen LogP contribution >= 0.6 is 0 Å². The van der Waals surface area contributed by atoms with Gasteiger partial charge in [-0.15, -0.1) is 0 Å². The number of phenolic OH excluding ortho intramolecular Hbond substituents is 6. The van der Waals surface area contributed by atoms with Gasteiger partial charge in [0.15, 0.2) is 23.0 Å². The molecule has 4 aromatic rings. The Balaban J connectivity index is 1.75. The van der Waals surface area contributed by atoms with Crippen LogP contribution in [0.1, 0.15) is 38.2 Å². The van der Waals surface area contributed by atoms with E-state index in [-0.39, 0.29) is 24.0 Å². The second-order valence-corrected chi connectivity index (χ2v) is 8.62. The Hall–Kier alpha value is -5.05. The lowest BCUT2D eigenvalue weighted by Gasteiger charge is -2.16. The molecule has 38 heavy (non-hydrogen) atoms. The molecule has 0 radical (unpaired) electrons. The highest BCUT2D eigenvalue weighted by Gasteiger charge is 2.27. The summed E-state index contributed by atoms with van der Waals surface area (Å²) in [5.41, 5.74) is 0.234. The van der Waals surface area contributed by atoms with Crippen LogP contribution in [0.5, 0.6) is 46.0 Å². The fourth-order valence-electron chi connectivity index (χ4n) is 4.13. The molecule has 196 valence electrons. The van der Waals surface area contributed by atoms with E-state index < -0.39 is 51.4 Å². The second-order valence-electron chi connectivity index (χ2n) is 8.62. The SMILES string of the molecule is COc1ccc(Cc2c(O)c(O)cc(C(=O)c3cc(O)c(O)c(Cc4ccc(OC)cc4)c3O)c2O)cc1. The van der Waals surface area contributed by atoms with Crippen molar-refractivity contribution in [3.05, 3.63) is 94.0 Å². The van der Waals surface area contributed by atoms with Crippen molar-refractivity contribution in [2.45, 2.75) is 12.8 Å². The van der Waals surface area contributed by atoms with Gasteiger partial charge in [-0.1, -0.05) is 24.3 Å². The lowest BCUT2D eigenvalue weighted by molar-refractivity contribution is 0.103. The van der Waals surface area contributed by atoms with E-state index in [1.165, 1.54) is 14.2 Å². The van der Waals surface area contributed by atoms with Crippen molar-refractivity contribution in [2.24, 2.45) is 0 Å². The summed E-state index contributed by atoms with van der Waals surface area (Å²) in [6, 6.07) is 15.2. The van der Waals surface area contributed by atoms with Gasteiger partial charge in [0, 0.05) is 24.0 Å². The van der Waals surface area contributed by atoms with Crippen LogP contribution in [-0.4, -0.2) is 50.6 Å². The van der Waals surface area contributed by atoms with E-state index >= 15 is 0 Å². The van der Waals surface area contributed by atoms with Gasteiger partial charge in [-0.2, -0.15) is 0 Å². The minimum Gasteiger partial charge on any atom is -0.507 e. The largest absolute Gasteiger partial charge is 0.507 e. The monoisotopic (exact) mass is 518 g/mol. The highest BCUT2D eigenvalue weighted by Crippen LogP contribution is 2.44. The number of aromatic hydroxyl groups is 6. The molecule has 0 bridgehead atoms. The zero-order valence-electron chi connectivity index (χ0n) is 20.6. The highest BCUT2D eigenvalue weighted by molar-refractivity contribution is 6.13. The number of ether oxygens (including phenoxy) is 2. The minimum absolute atomic E-state index is 0.0358. The van der Waals surface area contributed by atoms with Gasteiger partial charge in [0.2, 0.25) is 5.78 Å². The van der Waals surface area contributed by atoms with Crippen molar-refractivity contribution < 1.29 is 44.9 Å². The zero-order valence-corrected chi connectivity index (χ0v) is 20.6. The maximum absolute atomic E-state index is 13.5. The van der Waals surface area contributed by atoms with Gasteiger partial charge in [0.05, 0.1) is 25.3 Å². The summed E-state index contributed by atoms with van der Waals surface area (Å²) in [5.74, 6) is -3.48. The third-order valence-electron chi connectivity index (χ3n) is 6.27. The molecule has 0 aliphatic rings. The van der Waals surface area contributed by atoms with Gasteiger partial charge in [-0.25, -0.2) is 0 Å². The Morgan fingerprint density at radius 1 is 0.579 bits per heavy atom. The number of ketones is 1. The van der Waals surface area contributed by atoms with Crippen LogP contribution in [0.15, 0.2) is 60.7 Å². The van der Waals surface area contributed by atoms with Gasteiger partial charge in [0.25, 0.3) is 0 Å². The van der Waals surface area contributed by atoms with Crippen LogP contribution in [0.3, 0.4) is 0 Å². The lowest BCUT2D eigenvalue weighted by atomic mass is 9.92. The van der Waals surface area contributed by atoms with Gasteiger partial charge < -0.3 is 40.1 Å². The fourth-order valence-corrected chi connectivity index (χ4v) is 4.13. The highest BCUT2D eigenvalue weighted by atomic mass is 16.5. The van der Waals surface area contributed by atoms with E-state index in [9.17, 15) is 35.4 Å². The molecular weight excluding hydrogens is 492 g/mol. The average Bonchev–Trinajstić information content (AvgIpc) is 2.93. The smallest absolute Gasteiger partial charge is 0.200 e. The first-order valence-electron chi connectivity index (χ1n) is 11.5. The first-order valence-corrected chi connectivity index (χ1v) is 11.5. The van der Waals surface area contributed by atoms with E-state index in [0.29, 0.717) is 22.6 Å². The minimum atomic E-state index is -0.947. The number of hydrogen-bond donors (Lipinski definition) is 6. The Morgan fingerprint density at radius 3 is 1.24 bits per heavy atom. The molecular formula is C29H26O9. The molecule has 4 aromatic carbocycles. The van der Waals surface area contributed by atoms with Gasteiger partial charge >= 0.3 is 0 Å². The van der Waals surface area contributed by atoms with E-state index in [2.05, 4.69) is 0 Å². The van der Waals surface area contributed by atoms with Crippen LogP contribution in [0, 0.1) is 0 Å². The molecule has 0 aromatic heterocycles. The summed E-state index contributed by atoms with van der Waals surface area (Å²) >= 11 is 0. The molecule has 0 unspecified atom stereocenters. The Kier molecular flexibility index (Phi) is 7.20. The van der Waals surface area contributed by atoms with Gasteiger partial charge in [0.1, 0.15) is 23.0 Å². The predicted molar refractivity (Wildman–Crippen MR) is 138 cm³/mol. The quantitative estimate of drug-likeness (QED) is 0.113. The number of methoxy groups -OCH3 is 2. The number of benzene rings is 4. The van der Waals surface area contributed by atoms with E-state index in [4.69, 9.17) is 9.47 Å². The van der Waals surface area contributed by atoms with Crippen LogP contribution < -0.4 is 9.47 Å². The lowest BCUT2D eigenvalue weighted by Crippen LogP contribution is -2.06. The molecule has 0 fully saturated rings. The number of carbonyl (C=O) groups excluding carboxylic acids is 1. The summed E-state index contributed by atoms with van der Waals surface area (Å²) in [6.45, 7) is 0. The molecule has 4 rings (SSSR count). The van der Waals surface area contributed by atoms with E-state index in [0.717, 1.165) is 12.1 Å². The number of hydrogen-bond acceptors (Lipinski definition) is 9. The third-order valence-corrected chi connectivity index (χ3v) is 6.27. The van der Waals surface area contributed by atoms with Gasteiger partial charge in [-0.05, 0) is 47.5 Å². The summed E-state index contributed by atoms with van der Waals surface area (Å²) in [7, 11) is 3.03. The Labute approximate surface area is 218 Å². The molecule has 0 saturated heterocycles. The molecule has 0 spiro atoms. The third kappa shape index (κ3) is 4.94. The predicted octanol–water partition coefficient (Wildman–Crippen LogP) is 4.35. The second kappa shape index (κ2) is 10.5. The van der Waals surface area contributed by atoms with Crippen molar-refractivity contribution in [3.8, 4) is 46.0 Å². The standard InChI is InChI=1S/C29H26O9/c1-37-17-7-3-15(4-8-17)11-19-25(32)21(13-23(30)28(19)35)27(34)22-14-24(31)29(36)20(26(22)33)12-16-5-9-18(38-2)10-6-16/h3-10,13-14,30-33,35-36H,11-12H2,1-2H3. The fraction of sp³-hybridized carbons (Fsp3) is 0.138. The van der Waals surface area contributed by atoms with E-state index in [1.807, 2.05) is 0 Å². The van der Waals surface area contributed by atoms with Crippen LogP contribution in [0.4, 0.5) is 0 Å².